The molecule has 0 radical (unpaired) electrons. The minimum Gasteiger partial charge on any atom is -0.484 e. The normalized spacial score (nSPS) is 22.6. The van der Waals surface area contributed by atoms with Gasteiger partial charge in [0, 0.05) is 37.4 Å². The molecule has 10 nitrogen and oxygen atoms in total. The first-order valence-corrected chi connectivity index (χ1v) is 12.6. The molecule has 3 atom stereocenters. The molecule has 2 aromatic heterocycles. The summed E-state index contributed by atoms with van der Waals surface area (Å²) in [4.78, 5) is 41.2. The molecule has 3 heterocycles. The van der Waals surface area contributed by atoms with Crippen LogP contribution in [0.5, 0.6) is 5.75 Å². The van der Waals surface area contributed by atoms with Gasteiger partial charge in [-0.25, -0.2) is 9.37 Å². The average Bonchev–Trinajstić information content (AvgIpc) is 3.57. The van der Waals surface area contributed by atoms with E-state index in [1.807, 2.05) is 0 Å². The van der Waals surface area contributed by atoms with Gasteiger partial charge in [-0.15, -0.1) is 0 Å². The lowest BCUT2D eigenvalue weighted by Crippen LogP contribution is -2.48. The molecule has 1 N–H and O–H groups in total. The molecule has 5 rings (SSSR count). The Morgan fingerprint density at radius 1 is 1.14 bits per heavy atom. The molecule has 1 saturated carbocycles. The maximum absolute atomic E-state index is 13.4. The summed E-state index contributed by atoms with van der Waals surface area (Å²) in [6.45, 7) is 0.950. The van der Waals surface area contributed by atoms with Crippen molar-refractivity contribution in [2.24, 2.45) is 5.92 Å². The molecule has 1 aliphatic carbocycles. The number of fused-ring (bicyclic) bond motifs is 1. The molecule has 1 aromatic carbocycles. The van der Waals surface area contributed by atoms with Crippen molar-refractivity contribution in [1.82, 2.24) is 30.3 Å². The number of hydrogen-bond donors (Lipinski definition) is 1. The quantitative estimate of drug-likeness (QED) is 0.558. The first-order valence-electron chi connectivity index (χ1n) is 12.6. The molecule has 0 bridgehead atoms. The standard InChI is InChI=1S/C26H29FN6O4/c27-18-5-7-19(8-6-18)36-16-23(34)33-12-4-2-1-3-9-30-25(35)20-13-17(14-22(20)33)26-31-24(32-37-26)21-15-28-10-11-29-21/h5-8,10-11,15,17,20,22H,1-4,9,12-14,16H2,(H,30,35). The van der Waals surface area contributed by atoms with Crippen molar-refractivity contribution in [2.45, 2.75) is 50.5 Å². The van der Waals surface area contributed by atoms with Crippen LogP contribution in [0.25, 0.3) is 11.5 Å². The van der Waals surface area contributed by atoms with Crippen molar-refractivity contribution in [3.05, 3.63) is 54.6 Å². The lowest BCUT2D eigenvalue weighted by atomic mass is 10.00. The monoisotopic (exact) mass is 508 g/mol. The van der Waals surface area contributed by atoms with Crippen LogP contribution in [0.1, 0.15) is 50.3 Å². The van der Waals surface area contributed by atoms with Gasteiger partial charge >= 0.3 is 0 Å². The molecular formula is C26H29FN6O4. The second-order valence-corrected chi connectivity index (χ2v) is 9.42. The van der Waals surface area contributed by atoms with E-state index in [1.54, 1.807) is 23.5 Å². The van der Waals surface area contributed by atoms with E-state index in [0.717, 1.165) is 25.7 Å². The lowest BCUT2D eigenvalue weighted by Gasteiger charge is -2.32. The van der Waals surface area contributed by atoms with Crippen molar-refractivity contribution >= 4 is 11.8 Å². The number of ether oxygens (including phenoxy) is 1. The van der Waals surface area contributed by atoms with Crippen LogP contribution in [0.4, 0.5) is 4.39 Å². The zero-order valence-electron chi connectivity index (χ0n) is 20.4. The molecule has 3 unspecified atom stereocenters. The van der Waals surface area contributed by atoms with E-state index >= 15 is 0 Å². The number of nitrogens with zero attached hydrogens (tertiary/aromatic N) is 5. The molecule has 1 aliphatic heterocycles. The fourth-order valence-electron chi connectivity index (χ4n) is 5.10. The molecule has 194 valence electrons. The fourth-order valence-corrected chi connectivity index (χ4v) is 5.10. The molecule has 1 saturated heterocycles. The average molecular weight is 509 g/mol. The number of carbonyl (C=O) groups is 2. The Kier molecular flexibility index (Phi) is 7.67. The Balaban J connectivity index is 1.36. The summed E-state index contributed by atoms with van der Waals surface area (Å²) in [5.74, 6) is -0.0860. The third kappa shape index (κ3) is 5.92. The van der Waals surface area contributed by atoms with Gasteiger partial charge in [0.1, 0.15) is 17.3 Å². The Morgan fingerprint density at radius 2 is 1.97 bits per heavy atom. The van der Waals surface area contributed by atoms with Crippen LogP contribution < -0.4 is 10.1 Å². The zero-order valence-corrected chi connectivity index (χ0v) is 20.4. The van der Waals surface area contributed by atoms with Crippen LogP contribution in [-0.2, 0) is 9.59 Å². The molecule has 0 spiro atoms. The predicted molar refractivity (Wildman–Crippen MR) is 130 cm³/mol. The van der Waals surface area contributed by atoms with Crippen LogP contribution >= 0.6 is 0 Å². The van der Waals surface area contributed by atoms with E-state index in [1.165, 1.54) is 24.3 Å². The van der Waals surface area contributed by atoms with Gasteiger partial charge in [0.15, 0.2) is 6.61 Å². The predicted octanol–water partition coefficient (Wildman–Crippen LogP) is 3.13. The summed E-state index contributed by atoms with van der Waals surface area (Å²) in [5.41, 5.74) is 0.498. The third-order valence-corrected chi connectivity index (χ3v) is 6.97. The van der Waals surface area contributed by atoms with Gasteiger partial charge in [0.25, 0.3) is 5.91 Å². The van der Waals surface area contributed by atoms with Gasteiger partial charge in [0.2, 0.25) is 17.6 Å². The van der Waals surface area contributed by atoms with Gasteiger partial charge in [-0.2, -0.15) is 4.98 Å². The summed E-state index contributed by atoms with van der Waals surface area (Å²) in [7, 11) is 0. The van der Waals surface area contributed by atoms with E-state index in [2.05, 4.69) is 25.4 Å². The maximum atomic E-state index is 13.4. The summed E-state index contributed by atoms with van der Waals surface area (Å²) in [5, 5.41) is 7.10. The summed E-state index contributed by atoms with van der Waals surface area (Å²) in [6, 6.07) is 5.21. The van der Waals surface area contributed by atoms with Crippen LogP contribution in [-0.4, -0.2) is 62.6 Å². The second kappa shape index (κ2) is 11.4. The Bertz CT molecular complexity index is 1210. The van der Waals surface area contributed by atoms with Crippen molar-refractivity contribution < 1.29 is 23.2 Å². The fraction of sp³-hybridized carbons (Fsp3) is 0.462. The highest BCUT2D eigenvalue weighted by atomic mass is 19.1. The first kappa shape index (κ1) is 24.8. The van der Waals surface area contributed by atoms with Crippen LogP contribution in [0.2, 0.25) is 0 Å². The van der Waals surface area contributed by atoms with E-state index in [9.17, 15) is 14.0 Å². The molecule has 2 amide bonds. The van der Waals surface area contributed by atoms with Crippen molar-refractivity contribution in [3.63, 3.8) is 0 Å². The number of halogens is 1. The molecular weight excluding hydrogens is 479 g/mol. The molecule has 37 heavy (non-hydrogen) atoms. The van der Waals surface area contributed by atoms with Crippen molar-refractivity contribution in [3.8, 4) is 17.3 Å². The third-order valence-electron chi connectivity index (χ3n) is 6.97. The van der Waals surface area contributed by atoms with Crippen LogP contribution in [0.3, 0.4) is 0 Å². The van der Waals surface area contributed by atoms with Gasteiger partial charge < -0.3 is 19.5 Å². The number of carbonyl (C=O) groups excluding carboxylic acids is 2. The second-order valence-electron chi connectivity index (χ2n) is 9.42. The SMILES string of the molecule is O=C1NCCCCCCN(C(=O)COc2ccc(F)cc2)C2CC(c3nc(-c4cnccn4)no3)CC12. The Labute approximate surface area is 213 Å². The summed E-state index contributed by atoms with van der Waals surface area (Å²) in [6.07, 6.45) is 9.37. The van der Waals surface area contributed by atoms with Crippen LogP contribution in [0.15, 0.2) is 47.4 Å². The topological polar surface area (TPSA) is 123 Å². The highest BCUT2D eigenvalue weighted by Gasteiger charge is 2.45. The minimum absolute atomic E-state index is 0.0692. The molecule has 2 aliphatic rings. The molecule has 3 aromatic rings. The van der Waals surface area contributed by atoms with E-state index in [4.69, 9.17) is 9.26 Å². The Hall–Kier alpha value is -3.89. The lowest BCUT2D eigenvalue weighted by molar-refractivity contribution is -0.138. The number of aromatic nitrogens is 4. The number of amides is 2. The highest BCUT2D eigenvalue weighted by Crippen LogP contribution is 2.41. The van der Waals surface area contributed by atoms with Gasteiger partial charge in [-0.1, -0.05) is 18.0 Å². The van der Waals surface area contributed by atoms with Gasteiger partial charge in [0.05, 0.1) is 12.1 Å². The summed E-state index contributed by atoms with van der Waals surface area (Å²) < 4.78 is 24.5. The molecule has 2 fully saturated rings. The number of rotatable bonds is 5. The van der Waals surface area contributed by atoms with Crippen molar-refractivity contribution in [2.75, 3.05) is 19.7 Å². The van der Waals surface area contributed by atoms with Gasteiger partial charge in [-0.3, -0.25) is 14.6 Å². The van der Waals surface area contributed by atoms with Crippen LogP contribution in [0, 0.1) is 11.7 Å². The van der Waals surface area contributed by atoms with E-state index < -0.39 is 5.92 Å². The largest absolute Gasteiger partial charge is 0.484 e. The number of benzene rings is 1. The number of hydrogen-bond acceptors (Lipinski definition) is 8. The summed E-state index contributed by atoms with van der Waals surface area (Å²) >= 11 is 0. The minimum atomic E-state index is -0.412. The van der Waals surface area contributed by atoms with E-state index in [-0.39, 0.29) is 36.2 Å². The Morgan fingerprint density at radius 3 is 2.78 bits per heavy atom. The van der Waals surface area contributed by atoms with Gasteiger partial charge in [-0.05, 0) is 49.9 Å². The highest BCUT2D eigenvalue weighted by molar-refractivity contribution is 5.83. The van der Waals surface area contributed by atoms with E-state index in [0.29, 0.717) is 49.1 Å². The number of nitrogens with one attached hydrogen (secondary N) is 1. The van der Waals surface area contributed by atoms with Crippen molar-refractivity contribution in [1.29, 1.82) is 0 Å². The zero-order chi connectivity index (χ0) is 25.6. The molecule has 11 heteroatoms. The smallest absolute Gasteiger partial charge is 0.260 e. The first-order chi connectivity index (χ1) is 18.1. The maximum Gasteiger partial charge on any atom is 0.260 e.